The molecule has 0 bridgehead atoms. The van der Waals surface area contributed by atoms with Gasteiger partial charge in [0.25, 0.3) is 0 Å². The van der Waals surface area contributed by atoms with Crippen molar-refractivity contribution in [1.29, 1.82) is 0 Å². The van der Waals surface area contributed by atoms with Gasteiger partial charge in [-0.1, -0.05) is 12.2 Å². The highest BCUT2D eigenvalue weighted by Crippen LogP contribution is 2.26. The number of ether oxygens (including phenoxy) is 1. The van der Waals surface area contributed by atoms with Crippen LogP contribution in [0.3, 0.4) is 0 Å². The summed E-state index contributed by atoms with van der Waals surface area (Å²) in [5, 5.41) is 11.3. The van der Waals surface area contributed by atoms with Crippen molar-refractivity contribution in [3.63, 3.8) is 0 Å². The highest BCUT2D eigenvalue weighted by Gasteiger charge is 2.05. The van der Waals surface area contributed by atoms with Gasteiger partial charge in [0, 0.05) is 18.1 Å². The molecule has 1 aromatic heterocycles. The van der Waals surface area contributed by atoms with Crippen LogP contribution in [-0.2, 0) is 0 Å². The molecule has 1 aromatic carbocycles. The van der Waals surface area contributed by atoms with Crippen LogP contribution >= 0.6 is 0 Å². The van der Waals surface area contributed by atoms with E-state index in [2.05, 4.69) is 22.2 Å². The van der Waals surface area contributed by atoms with Gasteiger partial charge in [0.1, 0.15) is 12.4 Å². The first kappa shape index (κ1) is 12.5. The number of hydrogen-bond donors (Lipinski definition) is 1. The van der Waals surface area contributed by atoms with Gasteiger partial charge in [-0.15, -0.1) is 0 Å². The number of aromatic hydroxyl groups is 1. The van der Waals surface area contributed by atoms with Gasteiger partial charge in [-0.25, -0.2) is 4.98 Å². The normalized spacial score (nSPS) is 13.9. The van der Waals surface area contributed by atoms with Gasteiger partial charge in [-0.2, -0.15) is 0 Å². The Bertz CT molecular complexity index is 665. The zero-order valence-electron chi connectivity index (χ0n) is 11.1. The molecule has 4 heteroatoms. The molecule has 0 unspecified atom stereocenters. The summed E-state index contributed by atoms with van der Waals surface area (Å²) in [6, 6.07) is 7.05. The van der Waals surface area contributed by atoms with Crippen LogP contribution < -0.4 is 4.74 Å². The minimum Gasteiger partial charge on any atom is -0.508 e. The second-order valence-electron chi connectivity index (χ2n) is 4.63. The molecule has 0 amide bonds. The molecule has 102 valence electrons. The van der Waals surface area contributed by atoms with Crippen molar-refractivity contribution in [1.82, 2.24) is 9.88 Å². The van der Waals surface area contributed by atoms with Crippen LogP contribution in [0.5, 0.6) is 11.6 Å². The van der Waals surface area contributed by atoms with Crippen molar-refractivity contribution in [2.45, 2.75) is 0 Å². The molecule has 2 aromatic rings. The average molecular weight is 268 g/mol. The zero-order valence-corrected chi connectivity index (χ0v) is 11.1. The first-order valence-corrected chi connectivity index (χ1v) is 6.61. The van der Waals surface area contributed by atoms with E-state index in [0.717, 1.165) is 23.9 Å². The first-order valence-electron chi connectivity index (χ1n) is 6.61. The van der Waals surface area contributed by atoms with Crippen molar-refractivity contribution >= 4 is 10.8 Å². The van der Waals surface area contributed by atoms with Crippen LogP contribution in [-0.4, -0.2) is 34.7 Å². The van der Waals surface area contributed by atoms with E-state index in [1.807, 2.05) is 24.3 Å². The molecule has 0 saturated carbocycles. The molecule has 0 radical (unpaired) electrons. The summed E-state index contributed by atoms with van der Waals surface area (Å²) < 4.78 is 5.77. The fraction of sp³-hybridized carbons (Fsp3) is 0.188. The Balaban J connectivity index is 1.68. The molecule has 0 atom stereocenters. The third-order valence-corrected chi connectivity index (χ3v) is 3.21. The number of phenolic OH excluding ortho intramolecular Hbond substituents is 1. The minimum absolute atomic E-state index is 0.250. The molecule has 0 saturated heterocycles. The maximum absolute atomic E-state index is 9.49. The van der Waals surface area contributed by atoms with Crippen LogP contribution in [0.4, 0.5) is 0 Å². The Kier molecular flexibility index (Phi) is 3.54. The predicted octanol–water partition coefficient (Wildman–Crippen LogP) is 2.70. The summed E-state index contributed by atoms with van der Waals surface area (Å²) in [6.07, 6.45) is 9.91. The fourth-order valence-electron chi connectivity index (χ4n) is 2.19. The highest BCUT2D eigenvalue weighted by atomic mass is 16.5. The molecule has 3 rings (SSSR count). The maximum Gasteiger partial charge on any atom is 0.221 e. The van der Waals surface area contributed by atoms with E-state index in [1.165, 1.54) is 0 Å². The van der Waals surface area contributed by atoms with Gasteiger partial charge >= 0.3 is 0 Å². The first-order chi connectivity index (χ1) is 9.83. The van der Waals surface area contributed by atoms with E-state index in [0.29, 0.717) is 12.5 Å². The van der Waals surface area contributed by atoms with Crippen LogP contribution in [0.15, 0.2) is 54.9 Å². The molecule has 0 fully saturated rings. The van der Waals surface area contributed by atoms with Crippen LogP contribution in [0.25, 0.3) is 10.8 Å². The molecule has 4 nitrogen and oxygen atoms in total. The third kappa shape index (κ3) is 2.74. The van der Waals surface area contributed by atoms with Crippen molar-refractivity contribution in [3.8, 4) is 11.6 Å². The Morgan fingerprint density at radius 1 is 1.25 bits per heavy atom. The van der Waals surface area contributed by atoms with Crippen molar-refractivity contribution in [3.05, 3.63) is 54.9 Å². The average Bonchev–Trinajstić information content (AvgIpc) is 2.48. The second kappa shape index (κ2) is 5.65. The number of fused-ring (bicyclic) bond motifs is 1. The SMILES string of the molecule is Oc1ccc2c(OCCN3C=CC=CC3)nccc2c1. The van der Waals surface area contributed by atoms with Crippen molar-refractivity contribution in [2.75, 3.05) is 19.7 Å². The fourth-order valence-corrected chi connectivity index (χ4v) is 2.19. The zero-order chi connectivity index (χ0) is 13.8. The lowest BCUT2D eigenvalue weighted by Gasteiger charge is -2.20. The summed E-state index contributed by atoms with van der Waals surface area (Å²) >= 11 is 0. The quantitative estimate of drug-likeness (QED) is 0.926. The van der Waals surface area contributed by atoms with Gasteiger partial charge in [0.15, 0.2) is 0 Å². The van der Waals surface area contributed by atoms with E-state index in [1.54, 1.807) is 18.3 Å². The van der Waals surface area contributed by atoms with Crippen molar-refractivity contribution < 1.29 is 9.84 Å². The lowest BCUT2D eigenvalue weighted by atomic mass is 10.1. The molecule has 0 spiro atoms. The number of hydrogen-bond acceptors (Lipinski definition) is 4. The van der Waals surface area contributed by atoms with Gasteiger partial charge in [0.05, 0.1) is 6.54 Å². The predicted molar refractivity (Wildman–Crippen MR) is 78.8 cm³/mol. The van der Waals surface area contributed by atoms with E-state index in [-0.39, 0.29) is 5.75 Å². The standard InChI is InChI=1S/C16H16N2O2/c19-14-4-5-15-13(12-14)6-7-17-16(15)20-11-10-18-8-2-1-3-9-18/h1-8,12,19H,9-11H2. The second-order valence-corrected chi connectivity index (χ2v) is 4.63. The number of rotatable bonds is 4. The Labute approximate surface area is 117 Å². The van der Waals surface area contributed by atoms with Crippen molar-refractivity contribution in [2.24, 2.45) is 0 Å². The number of nitrogens with zero attached hydrogens (tertiary/aromatic N) is 2. The minimum atomic E-state index is 0.250. The molecule has 1 aliphatic rings. The monoisotopic (exact) mass is 268 g/mol. The number of benzene rings is 1. The summed E-state index contributed by atoms with van der Waals surface area (Å²) in [6.45, 7) is 2.30. The summed E-state index contributed by atoms with van der Waals surface area (Å²) in [7, 11) is 0. The number of allylic oxidation sites excluding steroid dienone is 2. The lowest BCUT2D eigenvalue weighted by molar-refractivity contribution is 0.258. The van der Waals surface area contributed by atoms with Gasteiger partial charge in [0.2, 0.25) is 5.88 Å². The number of aromatic nitrogens is 1. The van der Waals surface area contributed by atoms with Crippen LogP contribution in [0.2, 0.25) is 0 Å². The molecule has 20 heavy (non-hydrogen) atoms. The van der Waals surface area contributed by atoms with Gasteiger partial charge < -0.3 is 14.7 Å². The summed E-state index contributed by atoms with van der Waals surface area (Å²) in [5.41, 5.74) is 0. The van der Waals surface area contributed by atoms with Gasteiger partial charge in [-0.05, 0) is 41.9 Å². The summed E-state index contributed by atoms with van der Waals surface area (Å²) in [5.74, 6) is 0.860. The number of pyridine rings is 1. The molecule has 1 aliphatic heterocycles. The van der Waals surface area contributed by atoms with Crippen LogP contribution in [0.1, 0.15) is 0 Å². The number of phenols is 1. The smallest absolute Gasteiger partial charge is 0.221 e. The molecule has 2 heterocycles. The van der Waals surface area contributed by atoms with E-state index >= 15 is 0 Å². The molecule has 1 N–H and O–H groups in total. The van der Waals surface area contributed by atoms with E-state index in [4.69, 9.17) is 4.74 Å². The van der Waals surface area contributed by atoms with Gasteiger partial charge in [-0.3, -0.25) is 0 Å². The van der Waals surface area contributed by atoms with E-state index in [9.17, 15) is 5.11 Å². The molecular formula is C16H16N2O2. The Hall–Kier alpha value is -2.49. The Morgan fingerprint density at radius 3 is 3.05 bits per heavy atom. The maximum atomic E-state index is 9.49. The lowest BCUT2D eigenvalue weighted by Crippen LogP contribution is -2.24. The largest absolute Gasteiger partial charge is 0.508 e. The third-order valence-electron chi connectivity index (χ3n) is 3.21. The topological polar surface area (TPSA) is 45.6 Å². The highest BCUT2D eigenvalue weighted by molar-refractivity contribution is 5.87. The van der Waals surface area contributed by atoms with E-state index < -0.39 is 0 Å². The van der Waals surface area contributed by atoms with Crippen LogP contribution in [0, 0.1) is 0 Å². The molecule has 0 aliphatic carbocycles. The molecular weight excluding hydrogens is 252 g/mol. The Morgan fingerprint density at radius 2 is 2.20 bits per heavy atom. The summed E-state index contributed by atoms with van der Waals surface area (Å²) in [4.78, 5) is 6.44.